The van der Waals surface area contributed by atoms with Gasteiger partial charge in [0, 0.05) is 12.1 Å². The molecule has 0 aliphatic heterocycles. The normalized spacial score (nSPS) is 11.8. The van der Waals surface area contributed by atoms with Crippen LogP contribution in [0.3, 0.4) is 0 Å². The highest BCUT2D eigenvalue weighted by atomic mass is 32.1. The number of nitrogens with zero attached hydrogens (tertiary/aromatic N) is 3. The molecule has 3 heterocycles. The number of thiophene rings is 1. The van der Waals surface area contributed by atoms with E-state index in [1.165, 1.54) is 0 Å². The van der Waals surface area contributed by atoms with Crippen molar-refractivity contribution in [3.05, 3.63) is 59.1 Å². The number of rotatable bonds is 5. The first-order valence-electron chi connectivity index (χ1n) is 8.06. The van der Waals surface area contributed by atoms with Crippen LogP contribution in [-0.2, 0) is 0 Å². The standard InChI is InChI=1S/C19H20N4OS/c1-12(2)19(23-24)16-8-7-15(25-16)14-5-4-6-17(21-14)22-18-11-13(3)9-10-20-18/h4-12,24H,1-3H3,(H,20,21,22). The number of pyridine rings is 2. The van der Waals surface area contributed by atoms with Crippen molar-refractivity contribution in [1.82, 2.24) is 9.97 Å². The molecule has 0 spiro atoms. The fourth-order valence-corrected chi connectivity index (χ4v) is 3.55. The van der Waals surface area contributed by atoms with Crippen molar-refractivity contribution in [2.24, 2.45) is 11.1 Å². The molecule has 0 aliphatic rings. The van der Waals surface area contributed by atoms with Crippen LogP contribution in [0.4, 0.5) is 11.6 Å². The van der Waals surface area contributed by atoms with Gasteiger partial charge in [0.1, 0.15) is 11.6 Å². The van der Waals surface area contributed by atoms with Gasteiger partial charge in [0.25, 0.3) is 0 Å². The summed E-state index contributed by atoms with van der Waals surface area (Å²) in [5.74, 6) is 1.67. The summed E-state index contributed by atoms with van der Waals surface area (Å²) in [7, 11) is 0. The van der Waals surface area contributed by atoms with Crippen LogP contribution in [0.25, 0.3) is 10.6 Å². The third-order valence-corrected chi connectivity index (χ3v) is 4.82. The summed E-state index contributed by atoms with van der Waals surface area (Å²) >= 11 is 1.57. The summed E-state index contributed by atoms with van der Waals surface area (Å²) in [5, 5.41) is 15.9. The Morgan fingerprint density at radius 1 is 1.16 bits per heavy atom. The van der Waals surface area contributed by atoms with Crippen molar-refractivity contribution in [2.75, 3.05) is 5.32 Å². The van der Waals surface area contributed by atoms with E-state index >= 15 is 0 Å². The molecule has 0 aliphatic carbocycles. The van der Waals surface area contributed by atoms with E-state index in [4.69, 9.17) is 0 Å². The lowest BCUT2D eigenvalue weighted by Gasteiger charge is -2.07. The number of hydrogen-bond donors (Lipinski definition) is 2. The highest BCUT2D eigenvalue weighted by Gasteiger charge is 2.13. The smallest absolute Gasteiger partial charge is 0.132 e. The monoisotopic (exact) mass is 352 g/mol. The van der Waals surface area contributed by atoms with Gasteiger partial charge in [-0.1, -0.05) is 25.1 Å². The van der Waals surface area contributed by atoms with Crippen LogP contribution < -0.4 is 5.32 Å². The van der Waals surface area contributed by atoms with Crippen molar-refractivity contribution in [2.45, 2.75) is 20.8 Å². The average molecular weight is 352 g/mol. The molecule has 3 aromatic rings. The molecule has 3 aromatic heterocycles. The molecular formula is C19H20N4OS. The summed E-state index contributed by atoms with van der Waals surface area (Å²) in [6, 6.07) is 13.8. The van der Waals surface area contributed by atoms with Gasteiger partial charge in [0.05, 0.1) is 21.2 Å². The van der Waals surface area contributed by atoms with Gasteiger partial charge in [-0.3, -0.25) is 0 Å². The Kier molecular flexibility index (Phi) is 5.09. The number of aromatic nitrogens is 2. The predicted octanol–water partition coefficient (Wildman–Crippen LogP) is 5.09. The Labute approximate surface area is 151 Å². The molecule has 0 unspecified atom stereocenters. The van der Waals surface area contributed by atoms with E-state index < -0.39 is 0 Å². The minimum atomic E-state index is 0.157. The number of aryl methyl sites for hydroxylation is 1. The van der Waals surface area contributed by atoms with Crippen molar-refractivity contribution < 1.29 is 5.21 Å². The van der Waals surface area contributed by atoms with Gasteiger partial charge in [0.15, 0.2) is 0 Å². The van der Waals surface area contributed by atoms with Gasteiger partial charge in [0.2, 0.25) is 0 Å². The van der Waals surface area contributed by atoms with Crippen molar-refractivity contribution in [1.29, 1.82) is 0 Å². The van der Waals surface area contributed by atoms with Gasteiger partial charge < -0.3 is 10.5 Å². The Bertz CT molecular complexity index is 902. The third kappa shape index (κ3) is 4.03. The van der Waals surface area contributed by atoms with Crippen LogP contribution in [0.2, 0.25) is 0 Å². The maximum Gasteiger partial charge on any atom is 0.132 e. The van der Waals surface area contributed by atoms with Crippen LogP contribution in [0.5, 0.6) is 0 Å². The van der Waals surface area contributed by atoms with Crippen LogP contribution in [0, 0.1) is 12.8 Å². The van der Waals surface area contributed by atoms with Gasteiger partial charge >= 0.3 is 0 Å². The van der Waals surface area contributed by atoms with E-state index in [1.54, 1.807) is 17.5 Å². The zero-order valence-electron chi connectivity index (χ0n) is 14.4. The molecular weight excluding hydrogens is 332 g/mol. The predicted molar refractivity (Wildman–Crippen MR) is 103 cm³/mol. The summed E-state index contributed by atoms with van der Waals surface area (Å²) < 4.78 is 0. The van der Waals surface area contributed by atoms with Crippen LogP contribution in [0.15, 0.2) is 53.8 Å². The highest BCUT2D eigenvalue weighted by Crippen LogP contribution is 2.29. The van der Waals surface area contributed by atoms with Crippen molar-refractivity contribution >= 4 is 28.7 Å². The molecule has 0 bridgehead atoms. The van der Waals surface area contributed by atoms with Crippen LogP contribution in [0.1, 0.15) is 24.3 Å². The van der Waals surface area contributed by atoms with Gasteiger partial charge in [-0.2, -0.15) is 0 Å². The second kappa shape index (κ2) is 7.44. The first-order valence-corrected chi connectivity index (χ1v) is 8.87. The molecule has 0 saturated heterocycles. The summed E-state index contributed by atoms with van der Waals surface area (Å²) in [4.78, 5) is 10.9. The van der Waals surface area contributed by atoms with E-state index in [2.05, 4.69) is 20.4 Å². The maximum absolute atomic E-state index is 9.22. The highest BCUT2D eigenvalue weighted by molar-refractivity contribution is 7.17. The lowest BCUT2D eigenvalue weighted by molar-refractivity contribution is 0.316. The Hall–Kier alpha value is -2.73. The SMILES string of the molecule is Cc1ccnc(Nc2cccc(-c3ccc(C(=NO)C(C)C)s3)n2)c1. The van der Waals surface area contributed by atoms with E-state index in [-0.39, 0.29) is 5.92 Å². The topological polar surface area (TPSA) is 70.4 Å². The van der Waals surface area contributed by atoms with Crippen molar-refractivity contribution in [3.8, 4) is 10.6 Å². The zero-order chi connectivity index (χ0) is 17.8. The van der Waals surface area contributed by atoms with Crippen LogP contribution in [-0.4, -0.2) is 20.9 Å². The second-order valence-electron chi connectivity index (χ2n) is 6.06. The Balaban J connectivity index is 1.86. The van der Waals surface area contributed by atoms with Crippen LogP contribution >= 0.6 is 11.3 Å². The molecule has 2 N–H and O–H groups in total. The van der Waals surface area contributed by atoms with E-state index in [0.717, 1.165) is 32.6 Å². The largest absolute Gasteiger partial charge is 0.411 e. The molecule has 0 saturated carbocycles. The lowest BCUT2D eigenvalue weighted by atomic mass is 10.1. The van der Waals surface area contributed by atoms with Gasteiger partial charge in [-0.05, 0) is 48.9 Å². The van der Waals surface area contributed by atoms with Crippen molar-refractivity contribution in [3.63, 3.8) is 0 Å². The fourth-order valence-electron chi connectivity index (χ4n) is 2.44. The first-order chi connectivity index (χ1) is 12.1. The molecule has 0 atom stereocenters. The third-order valence-electron chi connectivity index (χ3n) is 3.69. The summed E-state index contributed by atoms with van der Waals surface area (Å²) in [5.41, 5.74) is 2.70. The quantitative estimate of drug-likeness (QED) is 0.381. The second-order valence-corrected chi connectivity index (χ2v) is 7.14. The zero-order valence-corrected chi connectivity index (χ0v) is 15.2. The lowest BCUT2D eigenvalue weighted by Crippen LogP contribution is -2.06. The summed E-state index contributed by atoms with van der Waals surface area (Å²) in [6.45, 7) is 6.04. The molecule has 3 rings (SSSR count). The minimum absolute atomic E-state index is 0.157. The molecule has 0 amide bonds. The fraction of sp³-hybridized carbons (Fsp3) is 0.211. The molecule has 25 heavy (non-hydrogen) atoms. The molecule has 5 nitrogen and oxygen atoms in total. The van der Waals surface area contributed by atoms with Gasteiger partial charge in [-0.25, -0.2) is 9.97 Å². The van der Waals surface area contributed by atoms with E-state index in [0.29, 0.717) is 5.71 Å². The number of hydrogen-bond acceptors (Lipinski definition) is 6. The molecule has 6 heteroatoms. The van der Waals surface area contributed by atoms with E-state index in [9.17, 15) is 5.21 Å². The molecule has 128 valence electrons. The molecule has 0 radical (unpaired) electrons. The Morgan fingerprint density at radius 2 is 2.00 bits per heavy atom. The number of oxime groups is 1. The summed E-state index contributed by atoms with van der Waals surface area (Å²) in [6.07, 6.45) is 1.77. The first kappa shape index (κ1) is 17.1. The number of anilines is 2. The van der Waals surface area contributed by atoms with E-state index in [1.807, 2.05) is 63.2 Å². The molecule has 0 aromatic carbocycles. The Morgan fingerprint density at radius 3 is 2.72 bits per heavy atom. The minimum Gasteiger partial charge on any atom is -0.411 e. The number of nitrogens with one attached hydrogen (secondary N) is 1. The van der Waals surface area contributed by atoms with Gasteiger partial charge in [-0.15, -0.1) is 11.3 Å². The molecule has 0 fully saturated rings. The average Bonchev–Trinajstić information content (AvgIpc) is 3.05. The maximum atomic E-state index is 9.22.